The van der Waals surface area contributed by atoms with Gasteiger partial charge in [-0.2, -0.15) is 4.98 Å². The minimum atomic E-state index is -3.36. The molecule has 5 heterocycles. The molecule has 0 radical (unpaired) electrons. The number of hydrogen-bond acceptors (Lipinski definition) is 11. The molecule has 6 N–H and O–H groups in total. The van der Waals surface area contributed by atoms with Gasteiger partial charge in [-0.15, -0.1) is 0 Å². The first-order valence-corrected chi connectivity index (χ1v) is 17.3. The van der Waals surface area contributed by atoms with Gasteiger partial charge in [-0.3, -0.25) is 14.1 Å². The van der Waals surface area contributed by atoms with Crippen LogP contribution >= 0.6 is 0 Å². The molecule has 2 aliphatic heterocycles. The highest BCUT2D eigenvalue weighted by molar-refractivity contribution is 7.92. The van der Waals surface area contributed by atoms with Crippen LogP contribution in [0, 0.1) is 0 Å². The van der Waals surface area contributed by atoms with Gasteiger partial charge in [-0.05, 0) is 69.2 Å². The van der Waals surface area contributed by atoms with E-state index < -0.39 is 15.7 Å². The summed E-state index contributed by atoms with van der Waals surface area (Å²) in [5, 5.41) is 13.1. The highest BCUT2D eigenvalue weighted by atomic mass is 32.2. The van der Waals surface area contributed by atoms with E-state index in [0.29, 0.717) is 50.0 Å². The second-order valence-electron chi connectivity index (χ2n) is 11.8. The van der Waals surface area contributed by atoms with Gasteiger partial charge in [-0.25, -0.2) is 18.2 Å². The van der Waals surface area contributed by atoms with Gasteiger partial charge < -0.3 is 35.7 Å². The number of nitrogen functional groups attached to an aromatic ring is 1. The van der Waals surface area contributed by atoms with Gasteiger partial charge >= 0.3 is 5.69 Å². The second-order valence-corrected chi connectivity index (χ2v) is 13.6. The Bertz CT molecular complexity index is 1870. The maximum absolute atomic E-state index is 13.1. The molecule has 2 fully saturated rings. The molecular formula is C31H41N9O6S. The highest BCUT2D eigenvalue weighted by Gasteiger charge is 2.27. The van der Waals surface area contributed by atoms with Gasteiger partial charge in [-0.1, -0.05) is 0 Å². The van der Waals surface area contributed by atoms with Crippen LogP contribution in [0.15, 0.2) is 59.7 Å². The summed E-state index contributed by atoms with van der Waals surface area (Å²) >= 11 is 0. The maximum atomic E-state index is 13.1. The van der Waals surface area contributed by atoms with Crippen molar-refractivity contribution in [2.75, 3.05) is 59.7 Å². The summed E-state index contributed by atoms with van der Waals surface area (Å²) in [6, 6.07) is 12.7. The molecule has 15 nitrogen and oxygen atoms in total. The number of piperazine rings is 1. The number of nitrogens with two attached hydrogens (primary N) is 1. The monoisotopic (exact) mass is 667 g/mol. The normalized spacial score (nSPS) is 18.2. The predicted molar refractivity (Wildman–Crippen MR) is 181 cm³/mol. The molecule has 1 amide bonds. The van der Waals surface area contributed by atoms with E-state index in [4.69, 9.17) is 15.6 Å². The zero-order chi connectivity index (χ0) is 33.7. The molecule has 1 aromatic carbocycles. The Balaban J connectivity index is 0.000000241. The molecular weight excluding hydrogens is 626 g/mol. The number of rotatable bonds is 8. The second kappa shape index (κ2) is 14.4. The van der Waals surface area contributed by atoms with Crippen LogP contribution in [0.2, 0.25) is 0 Å². The van der Waals surface area contributed by atoms with Gasteiger partial charge in [0.15, 0.2) is 5.82 Å². The fourth-order valence-electron chi connectivity index (χ4n) is 5.56. The molecule has 4 aromatic rings. The van der Waals surface area contributed by atoms with E-state index in [1.54, 1.807) is 42.7 Å². The fraction of sp³-hybridized carbons (Fsp3) is 0.419. The van der Waals surface area contributed by atoms with E-state index in [9.17, 15) is 18.0 Å². The average Bonchev–Trinajstić information content (AvgIpc) is 3.68. The van der Waals surface area contributed by atoms with Crippen molar-refractivity contribution < 1.29 is 23.1 Å². The Kier molecular flexibility index (Phi) is 10.3. The quantitative estimate of drug-likeness (QED) is 0.184. The summed E-state index contributed by atoms with van der Waals surface area (Å²) in [4.78, 5) is 39.9. The maximum Gasteiger partial charge on any atom is 0.351 e. The molecule has 6 rings (SSSR count). The minimum Gasteiger partial charge on any atom is -0.394 e. The topological polar surface area (TPSA) is 201 Å². The first kappa shape index (κ1) is 33.7. The number of nitrogens with zero attached hydrogens (tertiary/aromatic N) is 5. The van der Waals surface area contributed by atoms with Crippen LogP contribution < -0.4 is 26.4 Å². The van der Waals surface area contributed by atoms with Crippen molar-refractivity contribution in [1.82, 2.24) is 24.4 Å². The number of benzene rings is 1. The SMILES string of the molecule is CC(C)Nc1cccnc1N1CCN(C(=O)c2cc3cc(NS(C)(=O)=O)ccc3[nH]2)CC1.Nc1ccn([C@H]2CC[C@@H](CO)O2)c(=O)n1. The third-order valence-electron chi connectivity index (χ3n) is 7.70. The Labute approximate surface area is 272 Å². The number of ether oxygens (including phenoxy) is 1. The number of aliphatic hydroxyl groups is 1. The Hall–Kier alpha value is -4.67. The van der Waals surface area contributed by atoms with E-state index in [1.807, 2.05) is 17.0 Å². The Morgan fingerprint density at radius 2 is 1.91 bits per heavy atom. The number of carbonyl (C=O) groups is 1. The molecule has 0 unspecified atom stereocenters. The fourth-order valence-corrected chi connectivity index (χ4v) is 6.12. The van der Waals surface area contributed by atoms with E-state index in [-0.39, 0.29) is 30.7 Å². The van der Waals surface area contributed by atoms with Crippen LogP contribution in [0.4, 0.5) is 23.0 Å². The van der Waals surface area contributed by atoms with E-state index >= 15 is 0 Å². The lowest BCUT2D eigenvalue weighted by Gasteiger charge is -2.36. The van der Waals surface area contributed by atoms with Crippen LogP contribution in [0.25, 0.3) is 10.9 Å². The van der Waals surface area contributed by atoms with Crippen LogP contribution in [0.1, 0.15) is 43.4 Å². The number of sulfonamides is 1. The highest BCUT2D eigenvalue weighted by Crippen LogP contribution is 2.27. The number of anilines is 4. The average molecular weight is 668 g/mol. The minimum absolute atomic E-state index is 0.0202. The summed E-state index contributed by atoms with van der Waals surface area (Å²) in [6.45, 7) is 6.73. The lowest BCUT2D eigenvalue weighted by Crippen LogP contribution is -2.49. The summed E-state index contributed by atoms with van der Waals surface area (Å²) in [5.41, 5.74) is 7.69. The number of carbonyl (C=O) groups excluding carboxylic acids is 1. The molecule has 0 aliphatic carbocycles. The number of H-pyrrole nitrogens is 1. The van der Waals surface area contributed by atoms with Crippen LogP contribution in [-0.2, 0) is 14.8 Å². The largest absolute Gasteiger partial charge is 0.394 e. The molecule has 3 aromatic heterocycles. The van der Waals surface area contributed by atoms with Gasteiger partial charge in [0.1, 0.15) is 17.7 Å². The number of nitrogens with one attached hydrogen (secondary N) is 3. The summed E-state index contributed by atoms with van der Waals surface area (Å²) in [6.07, 6.45) is 5.40. The number of aromatic nitrogens is 4. The molecule has 2 saturated heterocycles. The van der Waals surface area contributed by atoms with E-state index in [0.717, 1.165) is 35.1 Å². The molecule has 2 atom stereocenters. The third-order valence-corrected chi connectivity index (χ3v) is 8.31. The number of aliphatic hydroxyl groups excluding tert-OH is 1. The molecule has 2 aliphatic rings. The van der Waals surface area contributed by atoms with Gasteiger partial charge in [0, 0.05) is 61.2 Å². The van der Waals surface area contributed by atoms with E-state index in [1.165, 1.54) is 4.57 Å². The number of hydrogen-bond donors (Lipinski definition) is 5. The Morgan fingerprint density at radius 3 is 2.57 bits per heavy atom. The zero-order valence-electron chi connectivity index (χ0n) is 26.6. The molecule has 16 heteroatoms. The lowest BCUT2D eigenvalue weighted by molar-refractivity contribution is -0.0245. The van der Waals surface area contributed by atoms with Crippen molar-refractivity contribution in [3.05, 3.63) is 71.0 Å². The molecule has 47 heavy (non-hydrogen) atoms. The number of fused-ring (bicyclic) bond motifs is 1. The van der Waals surface area contributed by atoms with Crippen molar-refractivity contribution in [1.29, 1.82) is 0 Å². The number of pyridine rings is 1. The van der Waals surface area contributed by atoms with Crippen molar-refractivity contribution in [3.8, 4) is 0 Å². The third kappa shape index (κ3) is 8.58. The first-order valence-electron chi connectivity index (χ1n) is 15.4. The number of amides is 1. The smallest absolute Gasteiger partial charge is 0.351 e. The van der Waals surface area contributed by atoms with Crippen molar-refractivity contribution >= 4 is 49.8 Å². The van der Waals surface area contributed by atoms with Crippen molar-refractivity contribution in [2.45, 2.75) is 45.1 Å². The van der Waals surface area contributed by atoms with Crippen molar-refractivity contribution in [2.24, 2.45) is 0 Å². The van der Waals surface area contributed by atoms with Crippen molar-refractivity contribution in [3.63, 3.8) is 0 Å². The first-order chi connectivity index (χ1) is 22.4. The standard InChI is InChI=1S/C22H28N6O3S.C9H13N3O3/c1-15(2)24-19-5-4-8-23-21(19)27-9-11-28(12-10-27)22(29)20-14-16-13-17(26-32(3,30)31)6-7-18(16)25-20;10-7-3-4-12(9(14)11-7)8-2-1-6(5-13)15-8/h4-8,13-15,24-26H,9-12H2,1-3H3;3-4,6,8,13H,1-2,5H2,(H2,10,11,14)/t;6-,8+/m.0/s1. The van der Waals surface area contributed by atoms with Gasteiger partial charge in [0.2, 0.25) is 10.0 Å². The van der Waals surface area contributed by atoms with E-state index in [2.05, 4.69) is 43.7 Å². The van der Waals surface area contributed by atoms with Crippen LogP contribution in [-0.4, -0.2) is 95.0 Å². The van der Waals surface area contributed by atoms with Gasteiger partial charge in [0.25, 0.3) is 5.91 Å². The summed E-state index contributed by atoms with van der Waals surface area (Å²) in [7, 11) is -3.36. The molecule has 0 spiro atoms. The number of aromatic amines is 1. The molecule has 0 saturated carbocycles. The Morgan fingerprint density at radius 1 is 1.15 bits per heavy atom. The van der Waals surface area contributed by atoms with Gasteiger partial charge in [0.05, 0.1) is 24.7 Å². The molecule has 0 bridgehead atoms. The molecule has 252 valence electrons. The summed E-state index contributed by atoms with van der Waals surface area (Å²) < 4.78 is 32.2. The van der Waals surface area contributed by atoms with Crippen LogP contribution in [0.3, 0.4) is 0 Å². The zero-order valence-corrected chi connectivity index (χ0v) is 27.4. The van der Waals surface area contributed by atoms with Crippen LogP contribution in [0.5, 0.6) is 0 Å². The predicted octanol–water partition coefficient (Wildman–Crippen LogP) is 2.21. The lowest BCUT2D eigenvalue weighted by atomic mass is 10.2. The summed E-state index contributed by atoms with van der Waals surface area (Å²) in [5.74, 6) is 1.04.